The minimum absolute atomic E-state index is 0.0528. The van der Waals surface area contributed by atoms with E-state index < -0.39 is 0 Å². The van der Waals surface area contributed by atoms with Crippen LogP contribution in [0.25, 0.3) is 0 Å². The minimum atomic E-state index is -0.204. The highest BCUT2D eigenvalue weighted by Crippen LogP contribution is 2.11. The first kappa shape index (κ1) is 10.5. The highest BCUT2D eigenvalue weighted by molar-refractivity contribution is 5.72. The second-order valence-electron chi connectivity index (χ2n) is 4.00. The monoisotopic (exact) mass is 187 g/mol. The van der Waals surface area contributed by atoms with Crippen LogP contribution in [0.1, 0.15) is 13.8 Å². The molecule has 76 valence electrons. The van der Waals surface area contributed by atoms with E-state index in [1.165, 1.54) is 7.11 Å². The third-order valence-corrected chi connectivity index (χ3v) is 2.14. The Hall–Kier alpha value is -0.610. The molecule has 1 saturated heterocycles. The number of methoxy groups -OCH3 is 1. The molecule has 0 aromatic rings. The first-order valence-corrected chi connectivity index (χ1v) is 4.46. The Balaban J connectivity index is 2.49. The van der Waals surface area contributed by atoms with Crippen molar-refractivity contribution in [1.29, 1.82) is 0 Å². The Morgan fingerprint density at radius 3 is 2.92 bits per heavy atom. The minimum Gasteiger partial charge on any atom is -0.469 e. The summed E-state index contributed by atoms with van der Waals surface area (Å²) in [5, 5.41) is 3.26. The van der Waals surface area contributed by atoms with Crippen LogP contribution >= 0.6 is 0 Å². The summed E-state index contributed by atoms with van der Waals surface area (Å²) in [7, 11) is 1.40. The summed E-state index contributed by atoms with van der Waals surface area (Å²) in [6, 6.07) is 0. The van der Waals surface area contributed by atoms with Gasteiger partial charge < -0.3 is 14.8 Å². The van der Waals surface area contributed by atoms with Crippen molar-refractivity contribution < 1.29 is 14.3 Å². The van der Waals surface area contributed by atoms with Gasteiger partial charge in [-0.15, -0.1) is 0 Å². The van der Waals surface area contributed by atoms with Gasteiger partial charge in [0.1, 0.15) is 0 Å². The van der Waals surface area contributed by atoms with E-state index in [-0.39, 0.29) is 17.4 Å². The maximum atomic E-state index is 11.2. The molecule has 0 aromatic heterocycles. The molecule has 0 radical (unpaired) electrons. The van der Waals surface area contributed by atoms with Gasteiger partial charge in [0.25, 0.3) is 0 Å². The van der Waals surface area contributed by atoms with Crippen LogP contribution in [-0.4, -0.2) is 38.4 Å². The van der Waals surface area contributed by atoms with Crippen molar-refractivity contribution in [1.82, 2.24) is 5.32 Å². The van der Waals surface area contributed by atoms with Gasteiger partial charge in [-0.05, 0) is 13.8 Å². The Morgan fingerprint density at radius 1 is 1.62 bits per heavy atom. The number of hydrogen-bond acceptors (Lipinski definition) is 4. The third kappa shape index (κ3) is 2.97. The van der Waals surface area contributed by atoms with Gasteiger partial charge in [-0.2, -0.15) is 0 Å². The molecule has 1 fully saturated rings. The van der Waals surface area contributed by atoms with E-state index in [4.69, 9.17) is 4.74 Å². The maximum absolute atomic E-state index is 11.2. The Kier molecular flexibility index (Phi) is 3.27. The molecule has 0 saturated carbocycles. The summed E-state index contributed by atoms with van der Waals surface area (Å²) < 4.78 is 10.0. The van der Waals surface area contributed by atoms with Crippen molar-refractivity contribution in [3.63, 3.8) is 0 Å². The molecule has 4 heteroatoms. The van der Waals surface area contributed by atoms with Crippen LogP contribution in [0, 0.1) is 5.92 Å². The number of rotatable bonds is 1. The van der Waals surface area contributed by atoms with E-state index >= 15 is 0 Å². The lowest BCUT2D eigenvalue weighted by Gasteiger charge is -2.22. The van der Waals surface area contributed by atoms with E-state index in [1.54, 1.807) is 0 Å². The molecule has 1 N–H and O–H groups in total. The molecular weight excluding hydrogens is 170 g/mol. The number of ether oxygens (including phenoxy) is 2. The van der Waals surface area contributed by atoms with Gasteiger partial charge >= 0.3 is 5.97 Å². The average molecular weight is 187 g/mol. The van der Waals surface area contributed by atoms with Crippen LogP contribution in [-0.2, 0) is 14.3 Å². The van der Waals surface area contributed by atoms with Crippen molar-refractivity contribution in [3.05, 3.63) is 0 Å². The largest absolute Gasteiger partial charge is 0.469 e. The van der Waals surface area contributed by atoms with E-state index in [9.17, 15) is 4.79 Å². The number of hydrogen-bond donors (Lipinski definition) is 1. The number of nitrogens with one attached hydrogen (secondary N) is 1. The van der Waals surface area contributed by atoms with E-state index in [2.05, 4.69) is 10.1 Å². The highest BCUT2D eigenvalue weighted by atomic mass is 16.5. The molecular formula is C9H17NO3. The normalized spacial score (nSPS) is 27.8. The summed E-state index contributed by atoms with van der Waals surface area (Å²) in [5.74, 6) is -0.378. The zero-order valence-electron chi connectivity index (χ0n) is 8.42. The third-order valence-electron chi connectivity index (χ3n) is 2.14. The van der Waals surface area contributed by atoms with Crippen LogP contribution in [0.4, 0.5) is 0 Å². The predicted octanol–water partition coefficient (Wildman–Crippen LogP) is 0.174. The molecule has 1 aliphatic heterocycles. The van der Waals surface area contributed by atoms with Gasteiger partial charge in [0.15, 0.2) is 0 Å². The summed E-state index contributed by atoms with van der Waals surface area (Å²) in [5.41, 5.74) is -0.0528. The van der Waals surface area contributed by atoms with Gasteiger partial charge in [-0.3, -0.25) is 4.79 Å². The van der Waals surface area contributed by atoms with Crippen molar-refractivity contribution in [2.24, 2.45) is 5.92 Å². The molecule has 1 unspecified atom stereocenters. The van der Waals surface area contributed by atoms with Crippen LogP contribution < -0.4 is 5.32 Å². The predicted molar refractivity (Wildman–Crippen MR) is 48.4 cm³/mol. The van der Waals surface area contributed by atoms with Crippen molar-refractivity contribution in [2.75, 3.05) is 26.9 Å². The zero-order valence-corrected chi connectivity index (χ0v) is 8.42. The summed E-state index contributed by atoms with van der Waals surface area (Å²) in [4.78, 5) is 11.2. The highest BCUT2D eigenvalue weighted by Gasteiger charge is 2.28. The number of esters is 1. The van der Waals surface area contributed by atoms with Crippen molar-refractivity contribution in [2.45, 2.75) is 19.4 Å². The molecule has 0 aromatic carbocycles. The Morgan fingerprint density at radius 2 is 2.31 bits per heavy atom. The molecule has 1 atom stereocenters. The molecule has 1 rings (SSSR count). The molecule has 13 heavy (non-hydrogen) atoms. The smallest absolute Gasteiger partial charge is 0.312 e. The summed E-state index contributed by atoms with van der Waals surface area (Å²) in [6.45, 7) is 5.79. The van der Waals surface area contributed by atoms with Gasteiger partial charge in [0.2, 0.25) is 0 Å². The Labute approximate surface area is 78.6 Å². The van der Waals surface area contributed by atoms with Crippen LogP contribution in [0.3, 0.4) is 0 Å². The lowest BCUT2D eigenvalue weighted by molar-refractivity contribution is -0.146. The lowest BCUT2D eigenvalue weighted by atomic mass is 10.1. The van der Waals surface area contributed by atoms with E-state index in [0.29, 0.717) is 19.8 Å². The number of carbonyl (C=O) groups excluding carboxylic acids is 1. The average Bonchev–Trinajstić information content (AvgIpc) is 2.25. The lowest BCUT2D eigenvalue weighted by Crippen LogP contribution is -2.43. The fraction of sp³-hybridized carbons (Fsp3) is 0.889. The fourth-order valence-corrected chi connectivity index (χ4v) is 1.28. The molecule has 1 heterocycles. The quantitative estimate of drug-likeness (QED) is 0.595. The van der Waals surface area contributed by atoms with Crippen LogP contribution in [0.2, 0.25) is 0 Å². The second-order valence-corrected chi connectivity index (χ2v) is 4.00. The molecule has 0 amide bonds. The Bertz CT molecular complexity index is 191. The summed E-state index contributed by atoms with van der Waals surface area (Å²) in [6.07, 6.45) is 0. The summed E-state index contributed by atoms with van der Waals surface area (Å²) >= 11 is 0. The molecule has 1 aliphatic rings. The standard InChI is InChI=1S/C9H17NO3/c1-9(2)6-13-5-7(4-10-9)8(11)12-3/h7,10H,4-6H2,1-3H3. The van der Waals surface area contributed by atoms with E-state index in [1.807, 2.05) is 13.8 Å². The number of carbonyl (C=O) groups is 1. The molecule has 0 spiro atoms. The van der Waals surface area contributed by atoms with Crippen LogP contribution in [0.5, 0.6) is 0 Å². The topological polar surface area (TPSA) is 47.6 Å². The van der Waals surface area contributed by atoms with Crippen molar-refractivity contribution >= 4 is 5.97 Å². The zero-order chi connectivity index (χ0) is 9.90. The molecule has 4 nitrogen and oxygen atoms in total. The van der Waals surface area contributed by atoms with Gasteiger partial charge in [-0.1, -0.05) is 0 Å². The maximum Gasteiger partial charge on any atom is 0.312 e. The van der Waals surface area contributed by atoms with Crippen LogP contribution in [0.15, 0.2) is 0 Å². The van der Waals surface area contributed by atoms with Crippen molar-refractivity contribution in [3.8, 4) is 0 Å². The first-order valence-electron chi connectivity index (χ1n) is 4.46. The second kappa shape index (κ2) is 4.07. The molecule has 0 bridgehead atoms. The molecule has 0 aliphatic carbocycles. The first-order chi connectivity index (χ1) is 6.05. The van der Waals surface area contributed by atoms with Gasteiger partial charge in [0.05, 0.1) is 26.2 Å². The van der Waals surface area contributed by atoms with Gasteiger partial charge in [-0.25, -0.2) is 0 Å². The van der Waals surface area contributed by atoms with E-state index in [0.717, 1.165) is 0 Å². The van der Waals surface area contributed by atoms with Gasteiger partial charge in [0, 0.05) is 12.1 Å². The SMILES string of the molecule is COC(=O)C1CNC(C)(C)COC1. The fourth-order valence-electron chi connectivity index (χ4n) is 1.28.